The Hall–Kier alpha value is -3.42. The van der Waals surface area contributed by atoms with Crippen LogP contribution in [0.3, 0.4) is 0 Å². The maximum Gasteiger partial charge on any atom is 0.326 e. The Bertz CT molecular complexity index is 723. The molecule has 3 atom stereocenters. The monoisotopic (exact) mass is 473 g/mol. The third-order valence-corrected chi connectivity index (χ3v) is 4.38. The number of nitrogens with one attached hydrogen (secondary N) is 3. The fraction of sp³-hybridized carbons (Fsp3) is 0.684. The molecular formula is C19H35N7O7. The number of nitrogens with zero attached hydrogens (tertiary/aromatic N) is 1. The fourth-order valence-corrected chi connectivity index (χ4v) is 2.80. The van der Waals surface area contributed by atoms with Crippen molar-refractivity contribution < 1.29 is 34.2 Å². The molecule has 0 aliphatic carbocycles. The second kappa shape index (κ2) is 15.4. The predicted molar refractivity (Wildman–Crippen MR) is 119 cm³/mol. The van der Waals surface area contributed by atoms with E-state index in [4.69, 9.17) is 22.3 Å². The van der Waals surface area contributed by atoms with Crippen LogP contribution in [0.2, 0.25) is 0 Å². The highest BCUT2D eigenvalue weighted by molar-refractivity contribution is 5.93. The summed E-state index contributed by atoms with van der Waals surface area (Å²) in [4.78, 5) is 63.3. The van der Waals surface area contributed by atoms with E-state index in [-0.39, 0.29) is 37.7 Å². The smallest absolute Gasteiger partial charge is 0.326 e. The van der Waals surface area contributed by atoms with E-state index in [1.807, 2.05) is 0 Å². The van der Waals surface area contributed by atoms with Crippen molar-refractivity contribution in [2.24, 2.45) is 28.1 Å². The van der Waals surface area contributed by atoms with E-state index in [2.05, 4.69) is 20.9 Å². The number of hydrogen-bond acceptors (Lipinski definition) is 7. The molecule has 0 heterocycles. The Kier molecular flexibility index (Phi) is 13.8. The number of guanidine groups is 1. The summed E-state index contributed by atoms with van der Waals surface area (Å²) in [5.41, 5.74) is 15.7. The van der Waals surface area contributed by atoms with Crippen molar-refractivity contribution in [3.8, 4) is 0 Å². The summed E-state index contributed by atoms with van der Waals surface area (Å²) in [6.07, 6.45) is -0.104. The van der Waals surface area contributed by atoms with Crippen molar-refractivity contribution in [3.05, 3.63) is 0 Å². The largest absolute Gasteiger partial charge is 0.481 e. The number of amides is 3. The Morgan fingerprint density at radius 1 is 0.879 bits per heavy atom. The molecule has 0 saturated heterocycles. The number of aliphatic carboxylic acids is 2. The van der Waals surface area contributed by atoms with Crippen LogP contribution in [0.1, 0.15) is 46.0 Å². The molecule has 14 nitrogen and oxygen atoms in total. The summed E-state index contributed by atoms with van der Waals surface area (Å²) in [5, 5.41) is 25.5. The molecule has 0 fully saturated rings. The highest BCUT2D eigenvalue weighted by atomic mass is 16.4. The number of hydrogen-bond donors (Lipinski definition) is 8. The van der Waals surface area contributed by atoms with Gasteiger partial charge in [-0.3, -0.25) is 24.2 Å². The molecule has 0 radical (unpaired) electrons. The van der Waals surface area contributed by atoms with E-state index < -0.39 is 60.8 Å². The first-order valence-corrected chi connectivity index (χ1v) is 10.5. The first-order valence-electron chi connectivity index (χ1n) is 10.5. The minimum atomic E-state index is -1.27. The Morgan fingerprint density at radius 2 is 1.45 bits per heavy atom. The molecule has 188 valence electrons. The van der Waals surface area contributed by atoms with Crippen molar-refractivity contribution in [1.29, 1.82) is 0 Å². The van der Waals surface area contributed by atoms with Gasteiger partial charge in [-0.15, -0.1) is 0 Å². The van der Waals surface area contributed by atoms with Gasteiger partial charge < -0.3 is 43.4 Å². The highest BCUT2D eigenvalue weighted by Gasteiger charge is 2.30. The third-order valence-electron chi connectivity index (χ3n) is 4.38. The standard InChI is InChI=1S/C19H35N7O7/c1-10(2)8-13(17(31)25-12(18(32)33)4-3-7-23-19(21)22)26-16(30)11(5-6-15(28)29)24-14(27)9-20/h10-13H,3-9,20H2,1-2H3,(H,24,27)(H,25,31)(H,26,30)(H,28,29)(H,32,33)(H4,21,22,23). The van der Waals surface area contributed by atoms with Gasteiger partial charge >= 0.3 is 11.9 Å². The predicted octanol–water partition coefficient (Wildman–Crippen LogP) is -2.55. The summed E-state index contributed by atoms with van der Waals surface area (Å²) in [6.45, 7) is 3.37. The molecule has 0 bridgehead atoms. The lowest BCUT2D eigenvalue weighted by Crippen LogP contribution is -2.56. The number of nitrogens with two attached hydrogens (primary N) is 3. The van der Waals surface area contributed by atoms with Crippen LogP contribution in [-0.4, -0.2) is 77.0 Å². The van der Waals surface area contributed by atoms with E-state index >= 15 is 0 Å². The van der Waals surface area contributed by atoms with E-state index in [1.54, 1.807) is 13.8 Å². The van der Waals surface area contributed by atoms with E-state index in [9.17, 15) is 29.1 Å². The normalized spacial score (nSPS) is 13.3. The number of aliphatic imine (C=N–C) groups is 1. The van der Waals surface area contributed by atoms with Gasteiger partial charge in [0.15, 0.2) is 5.96 Å². The van der Waals surface area contributed by atoms with Gasteiger partial charge in [0.2, 0.25) is 17.7 Å². The molecule has 0 spiro atoms. The third kappa shape index (κ3) is 13.6. The van der Waals surface area contributed by atoms with Crippen molar-refractivity contribution in [1.82, 2.24) is 16.0 Å². The van der Waals surface area contributed by atoms with Gasteiger partial charge in [-0.2, -0.15) is 0 Å². The molecule has 0 saturated carbocycles. The first-order chi connectivity index (χ1) is 15.4. The lowest BCUT2D eigenvalue weighted by atomic mass is 10.0. The number of carbonyl (C=O) groups is 5. The average Bonchev–Trinajstić information content (AvgIpc) is 2.71. The quantitative estimate of drug-likeness (QED) is 0.0661. The molecule has 0 aromatic carbocycles. The minimum absolute atomic E-state index is 0.0496. The second-order valence-electron chi connectivity index (χ2n) is 7.80. The average molecular weight is 474 g/mol. The Labute approximate surface area is 191 Å². The molecule has 0 aromatic heterocycles. The van der Waals surface area contributed by atoms with Crippen LogP contribution >= 0.6 is 0 Å². The lowest BCUT2D eigenvalue weighted by Gasteiger charge is -2.25. The maximum absolute atomic E-state index is 12.8. The zero-order valence-corrected chi connectivity index (χ0v) is 18.9. The highest BCUT2D eigenvalue weighted by Crippen LogP contribution is 2.08. The second-order valence-corrected chi connectivity index (χ2v) is 7.80. The summed E-state index contributed by atoms with van der Waals surface area (Å²) < 4.78 is 0. The van der Waals surface area contributed by atoms with Gasteiger partial charge in [-0.1, -0.05) is 13.8 Å². The molecule has 0 aliphatic rings. The van der Waals surface area contributed by atoms with E-state index in [0.717, 1.165) is 0 Å². The minimum Gasteiger partial charge on any atom is -0.481 e. The topological polar surface area (TPSA) is 252 Å². The zero-order valence-electron chi connectivity index (χ0n) is 18.9. The fourth-order valence-electron chi connectivity index (χ4n) is 2.80. The van der Waals surface area contributed by atoms with Crippen LogP contribution in [0.4, 0.5) is 0 Å². The van der Waals surface area contributed by atoms with E-state index in [0.29, 0.717) is 6.42 Å². The van der Waals surface area contributed by atoms with Crippen molar-refractivity contribution >= 4 is 35.6 Å². The SMILES string of the molecule is CC(C)CC(NC(=O)C(CCC(=O)O)NC(=O)CN)C(=O)NC(CCCN=C(N)N)C(=O)O. The summed E-state index contributed by atoms with van der Waals surface area (Å²) in [6, 6.07) is -3.58. The van der Waals surface area contributed by atoms with Crippen LogP contribution in [-0.2, 0) is 24.0 Å². The molecule has 11 N–H and O–H groups in total. The Morgan fingerprint density at radius 3 is 1.94 bits per heavy atom. The number of carbonyl (C=O) groups excluding carboxylic acids is 3. The summed E-state index contributed by atoms with van der Waals surface area (Å²) in [5.74, 6) is -4.80. The lowest BCUT2D eigenvalue weighted by molar-refractivity contribution is -0.142. The van der Waals surface area contributed by atoms with Gasteiger partial charge in [-0.25, -0.2) is 4.79 Å². The molecule has 0 rings (SSSR count). The molecule has 3 unspecified atom stereocenters. The van der Waals surface area contributed by atoms with Gasteiger partial charge in [-0.05, 0) is 31.6 Å². The number of rotatable bonds is 16. The molecule has 33 heavy (non-hydrogen) atoms. The van der Waals surface area contributed by atoms with Crippen LogP contribution in [0.5, 0.6) is 0 Å². The van der Waals surface area contributed by atoms with Crippen molar-refractivity contribution in [2.75, 3.05) is 13.1 Å². The zero-order chi connectivity index (χ0) is 25.6. The van der Waals surface area contributed by atoms with Crippen molar-refractivity contribution in [3.63, 3.8) is 0 Å². The van der Waals surface area contributed by atoms with Crippen LogP contribution in [0.15, 0.2) is 4.99 Å². The molecular weight excluding hydrogens is 438 g/mol. The van der Waals surface area contributed by atoms with Gasteiger partial charge in [0.25, 0.3) is 0 Å². The molecule has 14 heteroatoms. The molecule has 3 amide bonds. The van der Waals surface area contributed by atoms with Crippen LogP contribution < -0.4 is 33.2 Å². The van der Waals surface area contributed by atoms with Gasteiger partial charge in [0, 0.05) is 13.0 Å². The van der Waals surface area contributed by atoms with Crippen molar-refractivity contribution in [2.45, 2.75) is 64.1 Å². The molecule has 0 aromatic rings. The maximum atomic E-state index is 12.8. The summed E-state index contributed by atoms with van der Waals surface area (Å²) in [7, 11) is 0. The van der Waals surface area contributed by atoms with E-state index in [1.165, 1.54) is 0 Å². The van der Waals surface area contributed by atoms with Crippen LogP contribution in [0, 0.1) is 5.92 Å². The van der Waals surface area contributed by atoms with Crippen LogP contribution in [0.25, 0.3) is 0 Å². The Balaban J connectivity index is 5.34. The molecule has 0 aliphatic heterocycles. The van der Waals surface area contributed by atoms with Gasteiger partial charge in [0.05, 0.1) is 6.54 Å². The first kappa shape index (κ1) is 29.6. The summed E-state index contributed by atoms with van der Waals surface area (Å²) >= 11 is 0. The number of carboxylic acid groups (broad SMARTS) is 2. The number of carboxylic acids is 2. The van der Waals surface area contributed by atoms with Gasteiger partial charge in [0.1, 0.15) is 18.1 Å².